The molecule has 0 spiro atoms. The van der Waals surface area contributed by atoms with Gasteiger partial charge in [-0.25, -0.2) is 0 Å². The standard InChI is InChI=1S/C20H22N2O4/c1-3-17(15-10-6-4-7-11-15)20(25)26-14(2)18(23)21-22-19(24)16-12-8-5-9-13-16/h4-14,17H,3H2,1-2H3,(H,21,23)(H,22,24)/t14-,17+/m0/s1. The van der Waals surface area contributed by atoms with Crippen molar-refractivity contribution in [3.63, 3.8) is 0 Å². The van der Waals surface area contributed by atoms with E-state index in [1.54, 1.807) is 30.3 Å². The van der Waals surface area contributed by atoms with Gasteiger partial charge in [0.15, 0.2) is 6.10 Å². The molecule has 0 saturated heterocycles. The van der Waals surface area contributed by atoms with Crippen molar-refractivity contribution >= 4 is 17.8 Å². The maximum atomic E-state index is 12.4. The highest BCUT2D eigenvalue weighted by atomic mass is 16.5. The zero-order chi connectivity index (χ0) is 18.9. The molecule has 26 heavy (non-hydrogen) atoms. The van der Waals surface area contributed by atoms with Gasteiger partial charge in [0.25, 0.3) is 11.8 Å². The molecule has 0 unspecified atom stereocenters. The fourth-order valence-electron chi connectivity index (χ4n) is 2.42. The molecule has 2 rings (SSSR count). The number of hydrazine groups is 1. The highest BCUT2D eigenvalue weighted by Crippen LogP contribution is 2.21. The van der Waals surface area contributed by atoms with Gasteiger partial charge in [0.2, 0.25) is 0 Å². The van der Waals surface area contributed by atoms with Gasteiger partial charge in [-0.15, -0.1) is 0 Å². The van der Waals surface area contributed by atoms with E-state index < -0.39 is 29.8 Å². The Labute approximate surface area is 152 Å². The lowest BCUT2D eigenvalue weighted by Crippen LogP contribution is -2.47. The number of carbonyl (C=O) groups is 3. The van der Waals surface area contributed by atoms with E-state index in [1.807, 2.05) is 37.3 Å². The summed E-state index contributed by atoms with van der Waals surface area (Å²) in [6.45, 7) is 3.34. The van der Waals surface area contributed by atoms with E-state index in [9.17, 15) is 14.4 Å². The second-order valence-corrected chi connectivity index (χ2v) is 5.76. The number of amides is 2. The molecule has 2 aromatic rings. The first-order valence-corrected chi connectivity index (χ1v) is 8.43. The van der Waals surface area contributed by atoms with Crippen LogP contribution in [0.1, 0.15) is 42.1 Å². The number of rotatable bonds is 6. The number of nitrogens with one attached hydrogen (secondary N) is 2. The summed E-state index contributed by atoms with van der Waals surface area (Å²) in [7, 11) is 0. The van der Waals surface area contributed by atoms with E-state index in [2.05, 4.69) is 10.9 Å². The third kappa shape index (κ3) is 5.17. The molecule has 2 N–H and O–H groups in total. The Hall–Kier alpha value is -3.15. The lowest BCUT2D eigenvalue weighted by Gasteiger charge is -2.18. The van der Waals surface area contributed by atoms with Crippen molar-refractivity contribution in [2.75, 3.05) is 0 Å². The summed E-state index contributed by atoms with van der Waals surface area (Å²) in [5.41, 5.74) is 5.81. The summed E-state index contributed by atoms with van der Waals surface area (Å²) < 4.78 is 5.26. The molecule has 0 bridgehead atoms. The fourth-order valence-corrected chi connectivity index (χ4v) is 2.42. The number of hydrogen-bond donors (Lipinski definition) is 2. The van der Waals surface area contributed by atoms with Crippen LogP contribution in [-0.2, 0) is 14.3 Å². The minimum atomic E-state index is -1.03. The molecular weight excluding hydrogens is 332 g/mol. The van der Waals surface area contributed by atoms with E-state index >= 15 is 0 Å². The van der Waals surface area contributed by atoms with Crippen molar-refractivity contribution in [2.24, 2.45) is 0 Å². The molecule has 2 amide bonds. The van der Waals surface area contributed by atoms with Gasteiger partial charge < -0.3 is 4.74 Å². The van der Waals surface area contributed by atoms with Gasteiger partial charge in [-0.2, -0.15) is 0 Å². The molecular formula is C20H22N2O4. The third-order valence-electron chi connectivity index (χ3n) is 3.89. The molecule has 136 valence electrons. The van der Waals surface area contributed by atoms with E-state index in [0.717, 1.165) is 5.56 Å². The minimum Gasteiger partial charge on any atom is -0.452 e. The van der Waals surface area contributed by atoms with Crippen LogP contribution in [0.2, 0.25) is 0 Å². The summed E-state index contributed by atoms with van der Waals surface area (Å²) in [6.07, 6.45) is -0.474. The van der Waals surface area contributed by atoms with Crippen molar-refractivity contribution in [3.05, 3.63) is 71.8 Å². The third-order valence-corrected chi connectivity index (χ3v) is 3.89. The molecule has 6 heteroatoms. The second-order valence-electron chi connectivity index (χ2n) is 5.76. The Bertz CT molecular complexity index is 747. The summed E-state index contributed by atoms with van der Waals surface area (Å²) in [6, 6.07) is 17.7. The highest BCUT2D eigenvalue weighted by molar-refractivity contribution is 5.95. The first-order chi connectivity index (χ1) is 12.5. The SMILES string of the molecule is CC[C@@H](C(=O)O[C@@H](C)C(=O)NNC(=O)c1ccccc1)c1ccccc1. The lowest BCUT2D eigenvalue weighted by molar-refractivity contribution is -0.156. The topological polar surface area (TPSA) is 84.5 Å². The van der Waals surface area contributed by atoms with Crippen LogP contribution in [0.5, 0.6) is 0 Å². The second kappa shape index (κ2) is 9.36. The lowest BCUT2D eigenvalue weighted by atomic mass is 9.97. The van der Waals surface area contributed by atoms with Crippen LogP contribution in [0, 0.1) is 0 Å². The number of ether oxygens (including phenoxy) is 1. The molecule has 0 aliphatic rings. The first-order valence-electron chi connectivity index (χ1n) is 8.43. The number of carbonyl (C=O) groups excluding carboxylic acids is 3. The number of esters is 1. The van der Waals surface area contributed by atoms with Gasteiger partial charge in [-0.05, 0) is 31.0 Å². The molecule has 0 heterocycles. The van der Waals surface area contributed by atoms with Gasteiger partial charge in [-0.3, -0.25) is 25.2 Å². The summed E-state index contributed by atoms with van der Waals surface area (Å²) in [4.78, 5) is 36.3. The smallest absolute Gasteiger partial charge is 0.314 e. The minimum absolute atomic E-state index is 0.410. The van der Waals surface area contributed by atoms with Crippen LogP contribution < -0.4 is 10.9 Å². The van der Waals surface area contributed by atoms with Crippen LogP contribution in [0.3, 0.4) is 0 Å². The molecule has 0 fully saturated rings. The Kier molecular flexibility index (Phi) is 6.91. The van der Waals surface area contributed by atoms with Crippen molar-refractivity contribution in [3.8, 4) is 0 Å². The highest BCUT2D eigenvalue weighted by Gasteiger charge is 2.25. The molecule has 0 aliphatic heterocycles. The monoisotopic (exact) mass is 354 g/mol. The van der Waals surface area contributed by atoms with Crippen molar-refractivity contribution < 1.29 is 19.1 Å². The zero-order valence-electron chi connectivity index (χ0n) is 14.8. The Morgan fingerprint density at radius 2 is 1.50 bits per heavy atom. The Morgan fingerprint density at radius 1 is 0.923 bits per heavy atom. The average molecular weight is 354 g/mol. The maximum absolute atomic E-state index is 12.4. The van der Waals surface area contributed by atoms with Crippen LogP contribution >= 0.6 is 0 Å². The van der Waals surface area contributed by atoms with E-state index in [4.69, 9.17) is 4.74 Å². The zero-order valence-corrected chi connectivity index (χ0v) is 14.8. The maximum Gasteiger partial charge on any atom is 0.314 e. The fraction of sp³-hybridized carbons (Fsp3) is 0.250. The summed E-state index contributed by atoms with van der Waals surface area (Å²) >= 11 is 0. The quantitative estimate of drug-likeness (QED) is 0.617. The predicted octanol–water partition coefficient (Wildman–Crippen LogP) is 2.57. The summed E-state index contributed by atoms with van der Waals surface area (Å²) in [5.74, 6) is -1.97. The van der Waals surface area contributed by atoms with Gasteiger partial charge in [-0.1, -0.05) is 55.5 Å². The van der Waals surface area contributed by atoms with Crippen LogP contribution in [0.15, 0.2) is 60.7 Å². The normalized spacial score (nSPS) is 12.5. The largest absolute Gasteiger partial charge is 0.452 e. The average Bonchev–Trinajstić information content (AvgIpc) is 2.67. The van der Waals surface area contributed by atoms with E-state index in [1.165, 1.54) is 6.92 Å². The predicted molar refractivity (Wildman–Crippen MR) is 97.1 cm³/mol. The molecule has 2 atom stereocenters. The van der Waals surface area contributed by atoms with Gasteiger partial charge in [0.1, 0.15) is 0 Å². The summed E-state index contributed by atoms with van der Waals surface area (Å²) in [5, 5.41) is 0. The number of benzene rings is 2. The molecule has 0 saturated carbocycles. The van der Waals surface area contributed by atoms with E-state index in [0.29, 0.717) is 12.0 Å². The van der Waals surface area contributed by atoms with Crippen molar-refractivity contribution in [1.29, 1.82) is 0 Å². The van der Waals surface area contributed by atoms with Crippen LogP contribution in [-0.4, -0.2) is 23.9 Å². The van der Waals surface area contributed by atoms with Crippen LogP contribution in [0.4, 0.5) is 0 Å². The Balaban J connectivity index is 1.87. The molecule has 2 aromatic carbocycles. The molecule has 0 aliphatic carbocycles. The molecule has 6 nitrogen and oxygen atoms in total. The Morgan fingerprint density at radius 3 is 2.08 bits per heavy atom. The number of hydrogen-bond acceptors (Lipinski definition) is 4. The van der Waals surface area contributed by atoms with Gasteiger partial charge >= 0.3 is 5.97 Å². The van der Waals surface area contributed by atoms with Gasteiger partial charge in [0.05, 0.1) is 5.92 Å². The molecule has 0 aromatic heterocycles. The van der Waals surface area contributed by atoms with Crippen LogP contribution in [0.25, 0.3) is 0 Å². The van der Waals surface area contributed by atoms with Crippen molar-refractivity contribution in [1.82, 2.24) is 10.9 Å². The first kappa shape index (κ1) is 19.2. The van der Waals surface area contributed by atoms with E-state index in [-0.39, 0.29) is 0 Å². The molecule has 0 radical (unpaired) electrons. The van der Waals surface area contributed by atoms with Crippen molar-refractivity contribution in [2.45, 2.75) is 32.3 Å². The van der Waals surface area contributed by atoms with Gasteiger partial charge in [0, 0.05) is 5.56 Å².